The molecule has 0 spiro atoms. The van der Waals surface area contributed by atoms with Gasteiger partial charge in [0.25, 0.3) is 0 Å². The lowest BCUT2D eigenvalue weighted by molar-refractivity contribution is -0.137. The molecule has 0 unspecified atom stereocenters. The summed E-state index contributed by atoms with van der Waals surface area (Å²) in [6.07, 6.45) is -4.44. The summed E-state index contributed by atoms with van der Waals surface area (Å²) in [4.78, 5) is 11.8. The van der Waals surface area contributed by atoms with E-state index in [-0.39, 0.29) is 16.2 Å². The molecule has 3 nitrogen and oxygen atoms in total. The van der Waals surface area contributed by atoms with Gasteiger partial charge in [-0.3, -0.25) is 0 Å². The average molecular weight is 339 g/mol. The van der Waals surface area contributed by atoms with Gasteiger partial charge in [-0.05, 0) is 24.3 Å². The van der Waals surface area contributed by atoms with E-state index in [2.05, 4.69) is 10.1 Å². The number of carbonyl (C=O) groups excluding carboxylic acids is 1. The Bertz CT molecular complexity index is 744. The molecule has 0 amide bonds. The Labute approximate surface area is 136 Å². The topological polar surface area (TPSA) is 38.3 Å². The van der Waals surface area contributed by atoms with Gasteiger partial charge in [-0.2, -0.15) is 13.2 Å². The number of rotatable bonds is 3. The predicted octanol–water partition coefficient (Wildman–Crippen LogP) is 4.28. The van der Waals surface area contributed by atoms with Crippen LogP contribution in [0.15, 0.2) is 48.5 Å². The number of alkyl halides is 3. The standard InChI is InChI=1S/C16H12F3NO2S/c1-22-15(21)13-8-3-2-7-12(13)14(23)20-11-6-4-5-10(9-11)16(17,18)19/h2-9H,1H3,(H,20,23). The van der Waals surface area contributed by atoms with E-state index in [1.807, 2.05) is 0 Å². The summed E-state index contributed by atoms with van der Waals surface area (Å²) in [7, 11) is 1.24. The number of hydrogen-bond donors (Lipinski definition) is 1. The highest BCUT2D eigenvalue weighted by molar-refractivity contribution is 7.81. The van der Waals surface area contributed by atoms with Gasteiger partial charge in [0.15, 0.2) is 0 Å². The molecule has 0 aliphatic carbocycles. The maximum atomic E-state index is 12.7. The number of nitrogens with one attached hydrogen (secondary N) is 1. The molecule has 2 aromatic rings. The maximum Gasteiger partial charge on any atom is 0.416 e. The Morgan fingerprint density at radius 2 is 1.74 bits per heavy atom. The first-order chi connectivity index (χ1) is 10.8. The molecule has 0 aliphatic rings. The van der Waals surface area contributed by atoms with Crippen LogP contribution in [0.1, 0.15) is 21.5 Å². The number of halogens is 3. The lowest BCUT2D eigenvalue weighted by Crippen LogP contribution is -2.16. The molecule has 2 aromatic carbocycles. The van der Waals surface area contributed by atoms with E-state index < -0.39 is 17.7 Å². The zero-order valence-corrected chi connectivity index (χ0v) is 12.8. The van der Waals surface area contributed by atoms with Gasteiger partial charge < -0.3 is 10.1 Å². The van der Waals surface area contributed by atoms with E-state index in [1.165, 1.54) is 25.3 Å². The van der Waals surface area contributed by atoms with Gasteiger partial charge >= 0.3 is 12.1 Å². The highest BCUT2D eigenvalue weighted by Gasteiger charge is 2.30. The number of methoxy groups -OCH3 is 1. The van der Waals surface area contributed by atoms with Crippen molar-refractivity contribution in [3.63, 3.8) is 0 Å². The van der Waals surface area contributed by atoms with Crippen molar-refractivity contribution in [1.29, 1.82) is 0 Å². The summed E-state index contributed by atoms with van der Waals surface area (Å²) in [6.45, 7) is 0. The minimum Gasteiger partial charge on any atom is -0.465 e. The number of thiocarbonyl (C=S) groups is 1. The summed E-state index contributed by atoms with van der Waals surface area (Å²) in [5, 5.41) is 2.71. The number of benzene rings is 2. The zero-order valence-electron chi connectivity index (χ0n) is 12.0. The average Bonchev–Trinajstić information content (AvgIpc) is 2.53. The van der Waals surface area contributed by atoms with E-state index in [4.69, 9.17) is 12.2 Å². The third-order valence-corrected chi connectivity index (χ3v) is 3.35. The van der Waals surface area contributed by atoms with Gasteiger partial charge in [0.05, 0.1) is 18.2 Å². The first kappa shape index (κ1) is 17.0. The minimum atomic E-state index is -4.44. The van der Waals surface area contributed by atoms with Crippen molar-refractivity contribution in [1.82, 2.24) is 0 Å². The Kier molecular flexibility index (Phi) is 5.00. The van der Waals surface area contributed by atoms with Crippen LogP contribution in [-0.2, 0) is 10.9 Å². The fourth-order valence-electron chi connectivity index (χ4n) is 1.94. The van der Waals surface area contributed by atoms with Gasteiger partial charge in [-0.25, -0.2) is 4.79 Å². The first-order valence-corrected chi connectivity index (χ1v) is 6.89. The Balaban J connectivity index is 2.29. The fourth-order valence-corrected chi connectivity index (χ4v) is 2.24. The smallest absolute Gasteiger partial charge is 0.416 e. The quantitative estimate of drug-likeness (QED) is 0.669. The summed E-state index contributed by atoms with van der Waals surface area (Å²) in [5.41, 5.74) is 0.0160. The van der Waals surface area contributed by atoms with E-state index >= 15 is 0 Å². The van der Waals surface area contributed by atoms with Crippen molar-refractivity contribution in [3.8, 4) is 0 Å². The second kappa shape index (κ2) is 6.78. The molecule has 0 bridgehead atoms. The van der Waals surface area contributed by atoms with Crippen LogP contribution in [0.2, 0.25) is 0 Å². The van der Waals surface area contributed by atoms with Crippen molar-refractivity contribution in [2.75, 3.05) is 12.4 Å². The Morgan fingerprint density at radius 1 is 1.09 bits per heavy atom. The zero-order chi connectivity index (χ0) is 17.0. The molecule has 120 valence electrons. The largest absolute Gasteiger partial charge is 0.465 e. The molecule has 0 atom stereocenters. The van der Waals surface area contributed by atoms with Crippen LogP contribution >= 0.6 is 12.2 Å². The number of hydrogen-bond acceptors (Lipinski definition) is 3. The summed E-state index contributed by atoms with van der Waals surface area (Å²) < 4.78 is 42.8. The monoisotopic (exact) mass is 339 g/mol. The van der Waals surface area contributed by atoms with Crippen LogP contribution in [0.25, 0.3) is 0 Å². The van der Waals surface area contributed by atoms with E-state index in [0.29, 0.717) is 5.56 Å². The van der Waals surface area contributed by atoms with E-state index in [0.717, 1.165) is 12.1 Å². The molecule has 0 aliphatic heterocycles. The predicted molar refractivity (Wildman–Crippen MR) is 84.5 cm³/mol. The molecule has 0 radical (unpaired) electrons. The van der Waals surface area contributed by atoms with Crippen LogP contribution in [-0.4, -0.2) is 18.1 Å². The third kappa shape index (κ3) is 4.07. The normalized spacial score (nSPS) is 11.0. The number of carbonyl (C=O) groups is 1. The van der Waals surface area contributed by atoms with Crippen LogP contribution in [0.5, 0.6) is 0 Å². The van der Waals surface area contributed by atoms with Crippen LogP contribution in [0.4, 0.5) is 18.9 Å². The number of esters is 1. The van der Waals surface area contributed by atoms with Gasteiger partial charge in [0.1, 0.15) is 4.99 Å². The fraction of sp³-hybridized carbons (Fsp3) is 0.125. The summed E-state index contributed by atoms with van der Waals surface area (Å²) in [5.74, 6) is -0.575. The van der Waals surface area contributed by atoms with Gasteiger partial charge in [0.2, 0.25) is 0 Å². The first-order valence-electron chi connectivity index (χ1n) is 6.49. The molecule has 2 rings (SSSR count). The van der Waals surface area contributed by atoms with Crippen molar-refractivity contribution in [2.24, 2.45) is 0 Å². The van der Waals surface area contributed by atoms with Crippen molar-refractivity contribution >= 4 is 28.9 Å². The molecular weight excluding hydrogens is 327 g/mol. The molecule has 0 fully saturated rings. The minimum absolute atomic E-state index is 0.130. The molecule has 0 saturated carbocycles. The van der Waals surface area contributed by atoms with Crippen molar-refractivity contribution in [2.45, 2.75) is 6.18 Å². The number of ether oxygens (including phenoxy) is 1. The molecular formula is C16H12F3NO2S. The van der Waals surface area contributed by atoms with E-state index in [9.17, 15) is 18.0 Å². The Morgan fingerprint density at radius 3 is 2.35 bits per heavy atom. The second-order valence-electron chi connectivity index (χ2n) is 4.57. The molecule has 0 saturated heterocycles. The van der Waals surface area contributed by atoms with Crippen LogP contribution < -0.4 is 5.32 Å². The maximum absolute atomic E-state index is 12.7. The van der Waals surface area contributed by atoms with Crippen LogP contribution in [0.3, 0.4) is 0 Å². The highest BCUT2D eigenvalue weighted by Crippen LogP contribution is 2.30. The number of anilines is 1. The third-order valence-electron chi connectivity index (χ3n) is 3.02. The molecule has 1 N–H and O–H groups in total. The SMILES string of the molecule is COC(=O)c1ccccc1C(=S)Nc1cccc(C(F)(F)F)c1. The Hall–Kier alpha value is -2.41. The van der Waals surface area contributed by atoms with Gasteiger partial charge in [0, 0.05) is 11.3 Å². The van der Waals surface area contributed by atoms with E-state index in [1.54, 1.807) is 18.2 Å². The van der Waals surface area contributed by atoms with Gasteiger partial charge in [-0.15, -0.1) is 0 Å². The summed E-state index contributed by atoms with van der Waals surface area (Å²) in [6, 6.07) is 11.1. The highest BCUT2D eigenvalue weighted by atomic mass is 32.1. The molecule has 0 heterocycles. The second-order valence-corrected chi connectivity index (χ2v) is 4.98. The van der Waals surface area contributed by atoms with Crippen LogP contribution in [0, 0.1) is 0 Å². The molecule has 23 heavy (non-hydrogen) atoms. The van der Waals surface area contributed by atoms with Crippen molar-refractivity contribution < 1.29 is 22.7 Å². The van der Waals surface area contributed by atoms with Gasteiger partial charge in [-0.1, -0.05) is 36.5 Å². The lowest BCUT2D eigenvalue weighted by atomic mass is 10.1. The molecule has 7 heteroatoms. The lowest BCUT2D eigenvalue weighted by Gasteiger charge is -2.13. The van der Waals surface area contributed by atoms with Crippen molar-refractivity contribution in [3.05, 3.63) is 65.2 Å². The molecule has 0 aromatic heterocycles. The summed E-state index contributed by atoms with van der Waals surface area (Å²) >= 11 is 5.19.